The van der Waals surface area contributed by atoms with Gasteiger partial charge in [-0.05, 0) is 50.5 Å². The fraction of sp³-hybridized carbons (Fsp3) is 0.667. The normalized spacial score (nSPS) is 15.5. The van der Waals surface area contributed by atoms with Gasteiger partial charge in [-0.3, -0.25) is 9.59 Å². The van der Waals surface area contributed by atoms with E-state index in [1.807, 2.05) is 0 Å². The zero-order valence-electron chi connectivity index (χ0n) is 23.8. The van der Waals surface area contributed by atoms with E-state index in [0.717, 1.165) is 12.3 Å². The zero-order valence-corrected chi connectivity index (χ0v) is 23.8. The Bertz CT molecular complexity index is 1020. The van der Waals surface area contributed by atoms with Gasteiger partial charge in [-0.15, -0.1) is 0 Å². The molecule has 0 aliphatic rings. The number of carbonyl (C=O) groups excluding carboxylic acids is 2. The molecule has 3 atom stereocenters. The first-order chi connectivity index (χ1) is 17.1. The molecule has 0 fully saturated rings. The summed E-state index contributed by atoms with van der Waals surface area (Å²) in [6.45, 7) is 15.1. The van der Waals surface area contributed by atoms with E-state index < -0.39 is 63.7 Å². The zero-order chi connectivity index (χ0) is 29.7. The molecule has 0 aliphatic heterocycles. The van der Waals surface area contributed by atoms with Crippen LogP contribution in [0.5, 0.6) is 0 Å². The topological polar surface area (TPSA) is 155 Å². The Morgan fingerprint density at radius 3 is 2.03 bits per heavy atom. The minimum atomic E-state index is -2.03. The Labute approximate surface area is 223 Å². The molecule has 214 valence electrons. The number of hydrogen-bond donors (Lipinski definition) is 4. The SMILES string of the molecule is CC(C)(C)OC(=O)N[C@@](C(=O)O)(C([C@H](CCCNC(=O)c1ccnc(F)c1)C(=O)O)C(C)(C)C)C(C)(C)C. The first-order valence-electron chi connectivity index (χ1n) is 12.5. The molecule has 2 amide bonds. The standard InChI is InChI=1S/C27H42FN3O7/c1-24(2,3)19(27(22(35)36,25(4,5)6)31-23(37)38-26(7,8)9)17(21(33)34)11-10-13-30-20(32)16-12-14-29-18(28)15-16/h12,14-15,17,19H,10-11,13H2,1-9H3,(H,30,32)(H,31,37)(H,33,34)(H,35,36)/t17-,19?,27+/m0/s1. The number of halogens is 1. The van der Waals surface area contributed by atoms with Gasteiger partial charge in [0.15, 0.2) is 0 Å². The second kappa shape index (κ2) is 12.1. The van der Waals surface area contributed by atoms with E-state index in [4.69, 9.17) is 4.74 Å². The Morgan fingerprint density at radius 1 is 1.03 bits per heavy atom. The van der Waals surface area contributed by atoms with Crippen LogP contribution in [-0.4, -0.2) is 56.8 Å². The van der Waals surface area contributed by atoms with E-state index >= 15 is 0 Å². The lowest BCUT2D eigenvalue weighted by molar-refractivity contribution is -0.166. The van der Waals surface area contributed by atoms with Gasteiger partial charge in [-0.2, -0.15) is 4.39 Å². The fourth-order valence-electron chi connectivity index (χ4n) is 4.86. The Kier molecular flexibility index (Phi) is 10.4. The number of aliphatic carboxylic acids is 2. The molecular formula is C27H42FN3O7. The van der Waals surface area contributed by atoms with Crippen LogP contribution < -0.4 is 10.6 Å². The number of nitrogens with zero attached hydrogens (tertiary/aromatic N) is 1. The molecule has 1 unspecified atom stereocenters. The molecule has 0 saturated heterocycles. The van der Waals surface area contributed by atoms with Gasteiger partial charge in [0.25, 0.3) is 5.91 Å². The van der Waals surface area contributed by atoms with Crippen molar-refractivity contribution in [1.29, 1.82) is 0 Å². The molecule has 1 aromatic heterocycles. The average molecular weight is 540 g/mol. The summed E-state index contributed by atoms with van der Waals surface area (Å²) in [6.07, 6.45) is 0.386. The lowest BCUT2D eigenvalue weighted by Crippen LogP contribution is -2.71. The largest absolute Gasteiger partial charge is 0.481 e. The maximum absolute atomic E-state index is 13.3. The molecule has 0 saturated carbocycles. The summed E-state index contributed by atoms with van der Waals surface area (Å²) in [6, 6.07) is 2.33. The molecular weight excluding hydrogens is 497 g/mol. The Hall–Kier alpha value is -3.24. The smallest absolute Gasteiger partial charge is 0.408 e. The molecule has 1 aromatic rings. The van der Waals surface area contributed by atoms with Crippen molar-refractivity contribution in [3.05, 3.63) is 29.8 Å². The third-order valence-electron chi connectivity index (χ3n) is 6.30. The van der Waals surface area contributed by atoms with Gasteiger partial charge >= 0.3 is 18.0 Å². The summed E-state index contributed by atoms with van der Waals surface area (Å²) in [5.41, 5.74) is -4.91. The molecule has 0 spiro atoms. The summed E-state index contributed by atoms with van der Waals surface area (Å²) < 4.78 is 18.7. The second-order valence-electron chi connectivity index (χ2n) is 12.5. The van der Waals surface area contributed by atoms with Crippen molar-refractivity contribution in [3.63, 3.8) is 0 Å². The van der Waals surface area contributed by atoms with Crippen LogP contribution >= 0.6 is 0 Å². The van der Waals surface area contributed by atoms with Crippen LogP contribution in [-0.2, 0) is 14.3 Å². The summed E-state index contributed by atoms with van der Waals surface area (Å²) in [5, 5.41) is 26.1. The molecule has 1 rings (SSSR count). The van der Waals surface area contributed by atoms with Crippen LogP contribution in [0.15, 0.2) is 18.3 Å². The summed E-state index contributed by atoms with van der Waals surface area (Å²) in [5.74, 6) is -6.27. The van der Waals surface area contributed by atoms with Crippen molar-refractivity contribution in [2.24, 2.45) is 22.7 Å². The van der Waals surface area contributed by atoms with Crippen molar-refractivity contribution in [2.75, 3.05) is 6.54 Å². The number of carboxylic acids is 2. The average Bonchev–Trinajstić information content (AvgIpc) is 2.71. The van der Waals surface area contributed by atoms with Crippen LogP contribution in [0.3, 0.4) is 0 Å². The number of nitrogens with one attached hydrogen (secondary N) is 2. The van der Waals surface area contributed by atoms with E-state index in [0.29, 0.717) is 0 Å². The van der Waals surface area contributed by atoms with Crippen molar-refractivity contribution in [2.45, 2.75) is 86.3 Å². The van der Waals surface area contributed by atoms with Gasteiger partial charge in [0.1, 0.15) is 11.1 Å². The molecule has 0 bridgehead atoms. The highest BCUT2D eigenvalue weighted by Gasteiger charge is 2.62. The molecule has 38 heavy (non-hydrogen) atoms. The highest BCUT2D eigenvalue weighted by atomic mass is 19.1. The molecule has 0 aromatic carbocycles. The highest BCUT2D eigenvalue weighted by molar-refractivity contribution is 5.94. The van der Waals surface area contributed by atoms with Crippen LogP contribution in [0.2, 0.25) is 0 Å². The summed E-state index contributed by atoms with van der Waals surface area (Å²) in [7, 11) is 0. The minimum absolute atomic E-state index is 0.00334. The number of ether oxygens (including phenoxy) is 1. The molecule has 4 N–H and O–H groups in total. The quantitative estimate of drug-likeness (QED) is 0.250. The molecule has 0 radical (unpaired) electrons. The lowest BCUT2D eigenvalue weighted by Gasteiger charge is -2.53. The minimum Gasteiger partial charge on any atom is -0.481 e. The number of hydrogen-bond acceptors (Lipinski definition) is 6. The van der Waals surface area contributed by atoms with Gasteiger partial charge in [0.2, 0.25) is 5.95 Å². The maximum atomic E-state index is 13.3. The number of rotatable bonds is 10. The predicted molar refractivity (Wildman–Crippen MR) is 139 cm³/mol. The van der Waals surface area contributed by atoms with E-state index in [2.05, 4.69) is 15.6 Å². The van der Waals surface area contributed by atoms with E-state index in [1.54, 1.807) is 62.3 Å². The van der Waals surface area contributed by atoms with Crippen molar-refractivity contribution in [3.8, 4) is 0 Å². The van der Waals surface area contributed by atoms with Gasteiger partial charge in [-0.25, -0.2) is 14.6 Å². The summed E-state index contributed by atoms with van der Waals surface area (Å²) >= 11 is 0. The Morgan fingerprint density at radius 2 is 1.61 bits per heavy atom. The third kappa shape index (κ3) is 8.39. The van der Waals surface area contributed by atoms with Gasteiger partial charge < -0.3 is 25.6 Å². The number of amides is 2. The van der Waals surface area contributed by atoms with Crippen molar-refractivity contribution in [1.82, 2.24) is 15.6 Å². The van der Waals surface area contributed by atoms with Crippen molar-refractivity contribution < 1.29 is 38.5 Å². The first kappa shape index (κ1) is 32.8. The van der Waals surface area contributed by atoms with E-state index in [-0.39, 0.29) is 24.9 Å². The van der Waals surface area contributed by atoms with Crippen LogP contribution in [0, 0.1) is 28.6 Å². The summed E-state index contributed by atoms with van der Waals surface area (Å²) in [4.78, 5) is 54.3. The molecule has 0 aliphatic carbocycles. The van der Waals surface area contributed by atoms with Crippen molar-refractivity contribution >= 4 is 23.9 Å². The van der Waals surface area contributed by atoms with Gasteiger partial charge in [0.05, 0.1) is 5.92 Å². The van der Waals surface area contributed by atoms with Gasteiger partial charge in [-0.1, -0.05) is 41.5 Å². The first-order valence-corrected chi connectivity index (χ1v) is 12.5. The molecule has 1 heterocycles. The van der Waals surface area contributed by atoms with Crippen LogP contribution in [0.4, 0.5) is 9.18 Å². The van der Waals surface area contributed by atoms with Crippen LogP contribution in [0.25, 0.3) is 0 Å². The maximum Gasteiger partial charge on any atom is 0.408 e. The monoisotopic (exact) mass is 539 g/mol. The van der Waals surface area contributed by atoms with E-state index in [1.165, 1.54) is 6.07 Å². The predicted octanol–water partition coefficient (Wildman–Crippen LogP) is 4.49. The number of carbonyl (C=O) groups is 4. The molecule has 10 nitrogen and oxygen atoms in total. The third-order valence-corrected chi connectivity index (χ3v) is 6.30. The highest BCUT2D eigenvalue weighted by Crippen LogP contribution is 2.50. The molecule has 11 heteroatoms. The van der Waals surface area contributed by atoms with Crippen LogP contribution in [0.1, 0.15) is 85.5 Å². The lowest BCUT2D eigenvalue weighted by atomic mass is 9.54. The fourth-order valence-corrected chi connectivity index (χ4v) is 4.86. The number of alkyl carbamates (subject to hydrolysis) is 1. The van der Waals surface area contributed by atoms with E-state index in [9.17, 15) is 33.8 Å². The number of pyridine rings is 1. The van der Waals surface area contributed by atoms with Gasteiger partial charge in [0, 0.05) is 30.3 Å². The number of carboxylic acid groups (broad SMARTS) is 2. The number of aromatic nitrogens is 1. The Balaban J connectivity index is 3.37. The second-order valence-corrected chi connectivity index (χ2v) is 12.5.